The molecule has 14 heteroatoms. The predicted octanol–water partition coefficient (Wildman–Crippen LogP) is 5.49. The van der Waals surface area contributed by atoms with Crippen molar-refractivity contribution in [1.29, 1.82) is 0 Å². The molecule has 2 amide bonds. The Bertz CT molecular complexity index is 1940. The van der Waals surface area contributed by atoms with Gasteiger partial charge in [-0.1, -0.05) is 35.3 Å². The summed E-state index contributed by atoms with van der Waals surface area (Å²) in [6.07, 6.45) is -0.262. The maximum absolute atomic E-state index is 14.2. The lowest BCUT2D eigenvalue weighted by Gasteiger charge is -2.41. The summed E-state index contributed by atoms with van der Waals surface area (Å²) in [5.41, 5.74) is 9.90. The first-order chi connectivity index (χ1) is 23.4. The summed E-state index contributed by atoms with van der Waals surface area (Å²) in [6, 6.07) is 14.8. The van der Waals surface area contributed by atoms with Crippen molar-refractivity contribution < 1.29 is 33.3 Å². The zero-order chi connectivity index (χ0) is 35.0. The molecule has 3 aromatic carbocycles. The third kappa shape index (κ3) is 6.82. The van der Waals surface area contributed by atoms with E-state index in [1.807, 2.05) is 26.0 Å². The lowest BCUT2D eigenvalue weighted by molar-refractivity contribution is -0.142. The number of fused-ring (bicyclic) bond motifs is 3. The summed E-state index contributed by atoms with van der Waals surface area (Å²) in [7, 11) is 2.78. The highest BCUT2D eigenvalue weighted by atomic mass is 35.5. The minimum Gasteiger partial charge on any atom is -0.496 e. The SMILES string of the molecule is COC(=O)C[C@@H](N)C(=O)Nc1cccc(-c2cc3c(cc2OC)OCc2c(C(=O)N4CCOCC4(C)C)nn(-c4cc(Cl)cc(Cl)c4)c2-3)c1. The van der Waals surface area contributed by atoms with E-state index in [2.05, 4.69) is 10.1 Å². The largest absolute Gasteiger partial charge is 0.496 e. The van der Waals surface area contributed by atoms with E-state index < -0.39 is 23.5 Å². The van der Waals surface area contributed by atoms with Crippen LogP contribution in [0.15, 0.2) is 54.6 Å². The number of nitrogens with zero attached hydrogens (tertiary/aromatic N) is 3. The molecule has 1 saturated heterocycles. The van der Waals surface area contributed by atoms with Gasteiger partial charge in [0, 0.05) is 45.0 Å². The van der Waals surface area contributed by atoms with Gasteiger partial charge in [-0.2, -0.15) is 5.10 Å². The van der Waals surface area contributed by atoms with Crippen LogP contribution in [0.25, 0.3) is 28.1 Å². The van der Waals surface area contributed by atoms with Crippen molar-refractivity contribution in [1.82, 2.24) is 14.7 Å². The number of ether oxygens (including phenoxy) is 4. The van der Waals surface area contributed by atoms with Crippen molar-refractivity contribution in [2.24, 2.45) is 5.73 Å². The van der Waals surface area contributed by atoms with Gasteiger partial charge in [0.05, 0.1) is 56.8 Å². The van der Waals surface area contributed by atoms with Crippen LogP contribution in [0.5, 0.6) is 11.5 Å². The summed E-state index contributed by atoms with van der Waals surface area (Å²) < 4.78 is 24.0. The number of halogens is 2. The number of hydrogen-bond acceptors (Lipinski definition) is 9. The monoisotopic (exact) mass is 707 g/mol. The number of aromatic nitrogens is 2. The van der Waals surface area contributed by atoms with Crippen molar-refractivity contribution in [2.45, 2.75) is 38.5 Å². The highest BCUT2D eigenvalue weighted by Gasteiger charge is 2.39. The quantitative estimate of drug-likeness (QED) is 0.227. The second-order valence-corrected chi connectivity index (χ2v) is 13.2. The summed E-state index contributed by atoms with van der Waals surface area (Å²) >= 11 is 12.9. The topological polar surface area (TPSA) is 147 Å². The summed E-state index contributed by atoms with van der Waals surface area (Å²) in [6.45, 7) is 5.22. The van der Waals surface area contributed by atoms with Gasteiger partial charge in [-0.15, -0.1) is 0 Å². The molecule has 256 valence electrons. The normalized spacial score (nSPS) is 15.4. The fraction of sp³-hybridized carbons (Fsp3) is 0.314. The fourth-order valence-electron chi connectivity index (χ4n) is 6.01. The fourth-order valence-corrected chi connectivity index (χ4v) is 6.53. The number of nitrogens with two attached hydrogens (primary N) is 1. The number of anilines is 1. The molecule has 6 rings (SSSR count). The average molecular weight is 709 g/mol. The van der Waals surface area contributed by atoms with E-state index in [1.54, 1.807) is 59.2 Å². The maximum atomic E-state index is 14.2. The highest BCUT2D eigenvalue weighted by molar-refractivity contribution is 6.34. The number of nitrogens with one attached hydrogen (secondary N) is 1. The Hall–Kier alpha value is -4.62. The molecule has 2 aliphatic heterocycles. The zero-order valence-corrected chi connectivity index (χ0v) is 28.9. The highest BCUT2D eigenvalue weighted by Crippen LogP contribution is 2.47. The number of amides is 2. The average Bonchev–Trinajstić information content (AvgIpc) is 3.47. The van der Waals surface area contributed by atoms with Gasteiger partial charge in [-0.3, -0.25) is 14.4 Å². The van der Waals surface area contributed by atoms with E-state index in [-0.39, 0.29) is 24.6 Å². The molecular weight excluding hydrogens is 673 g/mol. The van der Waals surface area contributed by atoms with E-state index in [4.69, 9.17) is 48.2 Å². The molecule has 3 N–H and O–H groups in total. The molecule has 0 unspecified atom stereocenters. The van der Waals surface area contributed by atoms with Crippen LogP contribution in [0.4, 0.5) is 5.69 Å². The standard InChI is InChI=1S/C35H35Cl2N5O7/c1-35(2)18-48-9-8-41(35)34(45)31-26-17-49-29-16-28(46-3)24(14-25(29)32(26)42(40-31)23-12-20(36)11-21(37)13-23)19-6-5-7-22(10-19)39-33(44)27(38)15-30(43)47-4/h5-7,10-14,16,27H,8-9,15,17-18,38H2,1-4H3,(H,39,44)/t27-/m1/s1. The second kappa shape index (κ2) is 13.7. The molecule has 12 nitrogen and oxygen atoms in total. The molecular formula is C35H35Cl2N5O7. The Morgan fingerprint density at radius 1 is 1.06 bits per heavy atom. The first kappa shape index (κ1) is 34.3. The molecule has 4 aromatic rings. The number of hydrogen-bond donors (Lipinski definition) is 2. The number of morpholine rings is 1. The summed E-state index contributed by atoms with van der Waals surface area (Å²) in [4.78, 5) is 40.4. The van der Waals surface area contributed by atoms with Crippen LogP contribution >= 0.6 is 23.2 Å². The van der Waals surface area contributed by atoms with Gasteiger partial charge in [0.15, 0.2) is 5.69 Å². The van der Waals surface area contributed by atoms with E-state index in [1.165, 1.54) is 7.11 Å². The number of methoxy groups -OCH3 is 2. The Labute approximate surface area is 293 Å². The Kier molecular flexibility index (Phi) is 9.58. The molecule has 1 atom stereocenters. The number of carbonyl (C=O) groups is 3. The van der Waals surface area contributed by atoms with Crippen LogP contribution in [-0.2, 0) is 25.7 Å². The van der Waals surface area contributed by atoms with Gasteiger partial charge < -0.3 is 34.9 Å². The van der Waals surface area contributed by atoms with Crippen molar-refractivity contribution in [2.75, 3.05) is 39.3 Å². The molecule has 0 bridgehead atoms. The van der Waals surface area contributed by atoms with Gasteiger partial charge in [0.25, 0.3) is 5.91 Å². The smallest absolute Gasteiger partial charge is 0.307 e. The van der Waals surface area contributed by atoms with Crippen LogP contribution in [-0.4, -0.2) is 78.0 Å². The van der Waals surface area contributed by atoms with Gasteiger partial charge in [0.2, 0.25) is 5.91 Å². The molecule has 0 saturated carbocycles. The number of rotatable bonds is 8. The van der Waals surface area contributed by atoms with E-state index >= 15 is 0 Å². The van der Waals surface area contributed by atoms with E-state index in [9.17, 15) is 14.4 Å². The van der Waals surface area contributed by atoms with Crippen LogP contribution in [0, 0.1) is 0 Å². The predicted molar refractivity (Wildman–Crippen MR) is 185 cm³/mol. The molecule has 0 aliphatic carbocycles. The van der Waals surface area contributed by atoms with Crippen LogP contribution in [0.3, 0.4) is 0 Å². The van der Waals surface area contributed by atoms with Crippen molar-refractivity contribution >= 4 is 46.7 Å². The van der Waals surface area contributed by atoms with Crippen molar-refractivity contribution in [3.8, 4) is 39.6 Å². The van der Waals surface area contributed by atoms with E-state index in [0.717, 1.165) is 0 Å². The van der Waals surface area contributed by atoms with Gasteiger partial charge in [-0.25, -0.2) is 4.68 Å². The zero-order valence-electron chi connectivity index (χ0n) is 27.3. The minimum atomic E-state index is -1.09. The first-order valence-corrected chi connectivity index (χ1v) is 16.2. The van der Waals surface area contributed by atoms with Crippen LogP contribution < -0.4 is 20.5 Å². The molecule has 1 aromatic heterocycles. The Morgan fingerprint density at radius 3 is 2.51 bits per heavy atom. The lowest BCUT2D eigenvalue weighted by Crippen LogP contribution is -2.55. The molecule has 2 aliphatic rings. The Morgan fingerprint density at radius 2 is 1.82 bits per heavy atom. The summed E-state index contributed by atoms with van der Waals surface area (Å²) in [5.74, 6) is -0.342. The third-order valence-electron chi connectivity index (χ3n) is 8.49. The number of benzene rings is 3. The van der Waals surface area contributed by atoms with Gasteiger partial charge in [0.1, 0.15) is 18.1 Å². The Balaban J connectivity index is 1.47. The van der Waals surface area contributed by atoms with Gasteiger partial charge in [-0.05, 0) is 55.8 Å². The number of esters is 1. The molecule has 0 radical (unpaired) electrons. The first-order valence-electron chi connectivity index (χ1n) is 15.5. The van der Waals surface area contributed by atoms with E-state index in [0.29, 0.717) is 80.6 Å². The lowest BCUT2D eigenvalue weighted by atomic mass is 9.95. The summed E-state index contributed by atoms with van der Waals surface area (Å²) in [5, 5.41) is 8.46. The molecule has 49 heavy (non-hydrogen) atoms. The molecule has 1 fully saturated rings. The maximum Gasteiger partial charge on any atom is 0.307 e. The van der Waals surface area contributed by atoms with Crippen LogP contribution in [0.2, 0.25) is 10.0 Å². The molecule has 3 heterocycles. The van der Waals surface area contributed by atoms with Crippen LogP contribution in [0.1, 0.15) is 36.3 Å². The second-order valence-electron chi connectivity index (χ2n) is 12.3. The van der Waals surface area contributed by atoms with Gasteiger partial charge >= 0.3 is 5.97 Å². The van der Waals surface area contributed by atoms with Crippen molar-refractivity contribution in [3.05, 3.63) is 75.9 Å². The minimum absolute atomic E-state index is 0.0817. The third-order valence-corrected chi connectivity index (χ3v) is 8.93. The number of carbonyl (C=O) groups excluding carboxylic acids is 3. The molecule has 0 spiro atoms. The van der Waals surface area contributed by atoms with Crippen molar-refractivity contribution in [3.63, 3.8) is 0 Å².